The molecule has 3 fully saturated rings. The zero-order valence-corrected chi connectivity index (χ0v) is 75.6. The molecule has 3 aliphatic heterocycles. The van der Waals surface area contributed by atoms with E-state index in [9.17, 15) is 57.8 Å². The minimum atomic E-state index is -1.52. The van der Waals surface area contributed by atoms with Crippen LogP contribution in [0.5, 0.6) is 0 Å². The number of nitrogens with two attached hydrogens (primary N) is 1. The second-order valence-corrected chi connectivity index (χ2v) is 33.7. The molecule has 682 valence electrons. The molecule has 1 unspecified atom stereocenters. The molecule has 6 rings (SSSR count). The van der Waals surface area contributed by atoms with Crippen molar-refractivity contribution in [3.63, 3.8) is 0 Å². The molecule has 3 aliphatic rings. The number of urea groups is 1. The highest BCUT2D eigenvalue weighted by Gasteiger charge is 2.45. The van der Waals surface area contributed by atoms with Gasteiger partial charge in [0.1, 0.15) is 5.78 Å². The number of amides is 11. The molecule has 3 aromatic rings. The van der Waals surface area contributed by atoms with Gasteiger partial charge in [0.2, 0.25) is 47.5 Å². The smallest absolute Gasteiger partial charge is 0.411 e. The number of aromatic nitrogens is 1. The maximum absolute atomic E-state index is 15.2. The monoisotopic (exact) mass is 1730 g/mol. The van der Waals surface area contributed by atoms with E-state index in [2.05, 4.69) is 31.2 Å². The summed E-state index contributed by atoms with van der Waals surface area (Å²) >= 11 is 1.51. The molecule has 0 aliphatic carbocycles. The predicted octanol–water partition coefficient (Wildman–Crippen LogP) is 8.02. The highest BCUT2D eigenvalue weighted by Crippen LogP contribution is 2.36. The maximum atomic E-state index is 15.2. The molecule has 2 aromatic carbocycles. The van der Waals surface area contributed by atoms with Crippen LogP contribution in [0.4, 0.5) is 15.3 Å². The summed E-state index contributed by atoms with van der Waals surface area (Å²) in [6.45, 7) is 24.7. The number of nitrogens with zero attached hydrogens (tertiary/aromatic N) is 7. The number of carbonyl (C=O) groups excluding carboxylic acids is 13. The van der Waals surface area contributed by atoms with Crippen LogP contribution in [-0.4, -0.2) is 287 Å². The molecule has 0 saturated carbocycles. The van der Waals surface area contributed by atoms with E-state index >= 15 is 9.59 Å². The second-order valence-electron chi connectivity index (χ2n) is 32.8. The first-order valence-electron chi connectivity index (χ1n) is 43.6. The predicted molar refractivity (Wildman–Crippen MR) is 463 cm³/mol. The number of methoxy groups -OCH3 is 1. The Labute approximate surface area is 725 Å². The third-order valence-electron chi connectivity index (χ3n) is 23.1. The van der Waals surface area contributed by atoms with E-state index in [1.807, 2.05) is 91.2 Å². The highest BCUT2D eigenvalue weighted by atomic mass is 32.1. The first-order valence-corrected chi connectivity index (χ1v) is 44.4. The van der Waals surface area contributed by atoms with Crippen molar-refractivity contribution in [3.8, 4) is 0 Å². The third-order valence-corrected chi connectivity index (χ3v) is 24.1. The van der Waals surface area contributed by atoms with Gasteiger partial charge in [-0.25, -0.2) is 14.6 Å². The molecule has 3 saturated heterocycles. The molecule has 11 amide bonds. The summed E-state index contributed by atoms with van der Waals surface area (Å²) in [6, 6.07) is 12.2. The summed E-state index contributed by atoms with van der Waals surface area (Å²) in [5.74, 6) is -8.32. The first kappa shape index (κ1) is 104. The topological polar surface area (TPSA) is 404 Å². The number of aliphatic hydroxyl groups is 1. The van der Waals surface area contributed by atoms with Gasteiger partial charge in [0, 0.05) is 184 Å². The number of primary amides is 1. The molecule has 0 spiro atoms. The molecule has 4 heterocycles. The van der Waals surface area contributed by atoms with E-state index in [-0.39, 0.29) is 207 Å². The van der Waals surface area contributed by atoms with Gasteiger partial charge in [-0.15, -0.1) is 11.3 Å². The highest BCUT2D eigenvalue weighted by molar-refractivity contribution is 7.09. The molecule has 1 aromatic heterocycles. The second kappa shape index (κ2) is 54.8. The van der Waals surface area contributed by atoms with Crippen LogP contribution in [0, 0.1) is 47.3 Å². The number of hydrogen-bond donors (Lipinski definition) is 6. The number of aliphatic hydroxyl groups excluding tert-OH is 1. The van der Waals surface area contributed by atoms with Crippen molar-refractivity contribution in [1.82, 2.24) is 50.3 Å². The minimum Gasteiger partial charge on any atom is -0.431 e. The van der Waals surface area contributed by atoms with E-state index in [4.69, 9.17) is 34.2 Å². The normalized spacial score (nSPS) is 17.1. The van der Waals surface area contributed by atoms with E-state index < -0.39 is 107 Å². The molecule has 0 bridgehead atoms. The summed E-state index contributed by atoms with van der Waals surface area (Å²) in [6.07, 6.45) is 1.22. The van der Waals surface area contributed by atoms with Gasteiger partial charge in [0.25, 0.3) is 5.91 Å². The Morgan fingerprint density at radius 3 is 1.88 bits per heavy atom. The number of hydrogen-bond acceptors (Lipinski definition) is 23. The van der Waals surface area contributed by atoms with Gasteiger partial charge in [-0.2, -0.15) is 0 Å². The number of anilines is 1. The van der Waals surface area contributed by atoms with Crippen LogP contribution in [0.2, 0.25) is 0 Å². The van der Waals surface area contributed by atoms with E-state index in [1.54, 1.807) is 55.6 Å². The Kier molecular flexibility index (Phi) is 46.7. The van der Waals surface area contributed by atoms with Crippen LogP contribution in [-0.2, 0) is 87.6 Å². The Hall–Kier alpha value is -8.70. The average Bonchev–Trinajstić information content (AvgIpc) is 0.954. The van der Waals surface area contributed by atoms with Crippen molar-refractivity contribution in [1.29, 1.82) is 0 Å². The van der Waals surface area contributed by atoms with Crippen molar-refractivity contribution < 1.29 is 95.9 Å². The van der Waals surface area contributed by atoms with Crippen molar-refractivity contribution in [2.75, 3.05) is 145 Å². The van der Waals surface area contributed by atoms with Crippen molar-refractivity contribution in [2.45, 2.75) is 208 Å². The third kappa shape index (κ3) is 33.4. The van der Waals surface area contributed by atoms with E-state index in [0.717, 1.165) is 15.5 Å². The van der Waals surface area contributed by atoms with Gasteiger partial charge in [-0.3, -0.25) is 57.6 Å². The lowest BCUT2D eigenvalue weighted by atomic mass is 9.80. The maximum Gasteiger partial charge on any atom is 0.411 e. The quantitative estimate of drug-likeness (QED) is 0.0230. The number of nitrogens with one attached hydrogen (secondary N) is 4. The van der Waals surface area contributed by atoms with Crippen LogP contribution in [0.3, 0.4) is 0 Å². The lowest BCUT2D eigenvalue weighted by molar-refractivity contribution is -0.148. The minimum absolute atomic E-state index is 0.0149. The summed E-state index contributed by atoms with van der Waals surface area (Å²) in [5, 5.41) is 24.7. The van der Waals surface area contributed by atoms with Gasteiger partial charge >= 0.3 is 12.1 Å². The Morgan fingerprint density at radius 1 is 0.689 bits per heavy atom. The average molecular weight is 1730 g/mol. The van der Waals surface area contributed by atoms with E-state index in [1.165, 1.54) is 54.7 Å². The Morgan fingerprint density at radius 2 is 1.31 bits per heavy atom. The molecular formula is C89H140N12O20S. The summed E-state index contributed by atoms with van der Waals surface area (Å²) in [5.41, 5.74) is 6.95. The zero-order chi connectivity index (χ0) is 90.1. The Balaban J connectivity index is 0.0000131. The van der Waals surface area contributed by atoms with Gasteiger partial charge in [0.05, 0.1) is 88.5 Å². The number of imide groups is 1. The Bertz CT molecular complexity index is 3740. The van der Waals surface area contributed by atoms with Gasteiger partial charge in [-0.05, 0) is 80.5 Å². The molecular weight excluding hydrogens is 1590 g/mol. The first-order chi connectivity index (χ1) is 58.3. The number of rotatable bonds is 55. The summed E-state index contributed by atoms with van der Waals surface area (Å²) in [7, 11) is 6.53. The number of ether oxygens (including phenoxy) is 6. The number of Topliss-reactive ketones (excluding diaryl/α,β-unsaturated/α-hetero) is 3. The fourth-order valence-electron chi connectivity index (χ4n) is 15.9. The number of carbonyl (C=O) groups is 13. The van der Waals surface area contributed by atoms with Crippen molar-refractivity contribution in [2.24, 2.45) is 53.1 Å². The van der Waals surface area contributed by atoms with Gasteiger partial charge in [-0.1, -0.05) is 125 Å². The molecule has 12 atom stereocenters. The van der Waals surface area contributed by atoms with Crippen molar-refractivity contribution >= 4 is 93.8 Å². The molecule has 0 radical (unpaired) electrons. The van der Waals surface area contributed by atoms with Crippen LogP contribution in [0.1, 0.15) is 188 Å². The summed E-state index contributed by atoms with van der Waals surface area (Å²) < 4.78 is 34.6. The molecule has 32 nitrogen and oxygen atoms in total. The van der Waals surface area contributed by atoms with E-state index in [0.29, 0.717) is 65.0 Å². The molecule has 122 heavy (non-hydrogen) atoms. The fourth-order valence-corrected chi connectivity index (χ4v) is 16.6. The fraction of sp³-hybridized carbons (Fsp3) is 0.685. The zero-order valence-electron chi connectivity index (χ0n) is 74.8. The number of ketones is 3. The van der Waals surface area contributed by atoms with Crippen molar-refractivity contribution in [3.05, 3.63) is 82.3 Å². The molecule has 33 heteroatoms. The number of benzene rings is 2. The molecule has 7 N–H and O–H groups in total. The summed E-state index contributed by atoms with van der Waals surface area (Å²) in [4.78, 5) is 192. The van der Waals surface area contributed by atoms with Gasteiger partial charge in [0.15, 0.2) is 11.6 Å². The number of likely N-dealkylation sites (tertiary alicyclic amines) is 2. The SMILES string of the molecule is CC.CC[C@H](C)[C@@H]([C@@H](CC(=O)N1CCC[C@H]1[C@H](CO)[C@@H](C)C(=O)C[C@@H](Cc1ccccc1)c1nccs1)OC)N(C)C(=O)[C@@H](CC(=O)[C@H](C(C)C)N(C)C(=O)OC(C(=O)N1CCN(C)CC1)c1ccc(NC(=O)[C@H](CCCNC(N)=O)CC(=O)[C@@H](NC(=O)CCOCCOCCOCCOCCNC(=O)CCN2C(=O)CCC2=O)C(C)C)cc1)C(C)C. The lowest BCUT2D eigenvalue weighted by Gasteiger charge is -2.41. The van der Waals surface area contributed by atoms with Crippen LogP contribution in [0.15, 0.2) is 66.2 Å². The number of piperazine rings is 1. The van der Waals surface area contributed by atoms with Crippen LogP contribution >= 0.6 is 11.3 Å². The van der Waals surface area contributed by atoms with Crippen LogP contribution < -0.4 is 27.0 Å². The standard InChI is InChI=1S/C87H134N12O20S.C2H6/c1-14-59(8)80(72(114-13)54-77(108)98-35-19-23-68(98)67(55-100)60(9)69(101)52-64(83-90-34-49-120-83)50-61-20-16-15-17-21-61)95(11)84(110)66(56(2)3)53-71(103)79(58(6)7)96(12)87(113)119-81(85(111)97-39-37-94(10)38-40-97)62-24-26-65(27-25-62)92-82(109)63(22-18-32-91-86(88)112)51-70(102)78(57(4)5)93-74(105)31-41-115-43-45-117-47-48-118-46-44-116-42-33-89-73(104)30-36-99-75(106)28-29-76(99)107;1-2/h15-17,20-21,24-27,34,49,56-60,63-64,66-68,72,78-81,100H,14,18-19,22-23,28-33,35-48,50-55H2,1-13H3,(H,89,104)(H,92,109)(H,93,105)(H3,88,91,112);1-2H3/t59-,60+,63+,64+,66-,67+,68-,72+,78-,79-,80-,81?;/m0./s1. The lowest BCUT2D eigenvalue weighted by Crippen LogP contribution is -2.54. The largest absolute Gasteiger partial charge is 0.431 e. The number of likely N-dealkylation sites (N-methyl/N-ethyl adjacent to an activating group) is 3. The number of thiazole rings is 1. The van der Waals surface area contributed by atoms with Crippen LogP contribution in [0.25, 0.3) is 0 Å². The van der Waals surface area contributed by atoms with Gasteiger partial charge < -0.3 is 85.0 Å².